The van der Waals surface area contributed by atoms with E-state index in [-0.39, 0.29) is 5.97 Å². The number of carbonyl (C=O) groups excluding carboxylic acids is 1. The summed E-state index contributed by atoms with van der Waals surface area (Å²) in [7, 11) is 0. The zero-order chi connectivity index (χ0) is 24.5. The number of esters is 1. The highest BCUT2D eigenvalue weighted by atomic mass is 16.5. The highest BCUT2D eigenvalue weighted by Gasteiger charge is 2.13. The molecule has 0 aromatic heterocycles. The summed E-state index contributed by atoms with van der Waals surface area (Å²) < 4.78 is 5.42. The van der Waals surface area contributed by atoms with Crippen molar-refractivity contribution in [3.63, 3.8) is 0 Å². The van der Waals surface area contributed by atoms with Crippen LogP contribution in [-0.2, 0) is 16.0 Å². The van der Waals surface area contributed by atoms with Gasteiger partial charge in [0.1, 0.15) is 0 Å². The molecule has 0 bridgehead atoms. The first-order valence-corrected chi connectivity index (χ1v) is 13.0. The molecule has 3 heteroatoms. The Morgan fingerprint density at radius 1 is 0.857 bits per heavy atom. The summed E-state index contributed by atoms with van der Waals surface area (Å²) in [4.78, 5) is 14.3. The van der Waals surface area contributed by atoms with Gasteiger partial charge in [-0.3, -0.25) is 0 Å². The van der Waals surface area contributed by atoms with E-state index >= 15 is 0 Å². The Morgan fingerprint density at radius 2 is 1.54 bits per heavy atom. The van der Waals surface area contributed by atoms with Crippen molar-refractivity contribution >= 4 is 23.0 Å². The van der Waals surface area contributed by atoms with Crippen LogP contribution in [0.5, 0.6) is 0 Å². The summed E-state index contributed by atoms with van der Waals surface area (Å²) in [5.74, 6) is 0.340. The molecule has 0 spiro atoms. The van der Waals surface area contributed by atoms with Crippen LogP contribution >= 0.6 is 0 Å². The van der Waals surface area contributed by atoms with Gasteiger partial charge in [0.25, 0.3) is 0 Å². The molecule has 1 saturated carbocycles. The highest BCUT2D eigenvalue weighted by Crippen LogP contribution is 2.35. The highest BCUT2D eigenvalue weighted by molar-refractivity contribution is 5.82. The fourth-order valence-electron chi connectivity index (χ4n) is 4.74. The molecule has 0 aliphatic heterocycles. The fourth-order valence-corrected chi connectivity index (χ4v) is 4.74. The maximum Gasteiger partial charge on any atom is 0.330 e. The van der Waals surface area contributed by atoms with E-state index < -0.39 is 0 Å². The molecule has 1 aliphatic carbocycles. The van der Waals surface area contributed by atoms with E-state index in [2.05, 4.69) is 85.5 Å². The molecule has 3 aromatic carbocycles. The minimum atomic E-state index is -0.210. The Morgan fingerprint density at radius 3 is 2.26 bits per heavy atom. The Hall–Kier alpha value is -3.33. The van der Waals surface area contributed by atoms with Crippen LogP contribution < -0.4 is 4.90 Å². The molecule has 182 valence electrons. The second-order valence-electron chi connectivity index (χ2n) is 9.63. The molecule has 0 unspecified atom stereocenters. The summed E-state index contributed by atoms with van der Waals surface area (Å²) in [5, 5.41) is 0. The molecule has 0 amide bonds. The molecule has 1 fully saturated rings. The fraction of sp³-hybridized carbons (Fsp3) is 0.344. The predicted molar refractivity (Wildman–Crippen MR) is 146 cm³/mol. The van der Waals surface area contributed by atoms with Gasteiger partial charge in [-0.15, -0.1) is 0 Å². The number of ether oxygens (including phenoxy) is 1. The van der Waals surface area contributed by atoms with Crippen LogP contribution in [0.4, 0.5) is 17.1 Å². The molecular weight excluding hydrogens is 430 g/mol. The molecule has 0 heterocycles. The van der Waals surface area contributed by atoms with Crippen LogP contribution in [0.15, 0.2) is 84.9 Å². The second-order valence-corrected chi connectivity index (χ2v) is 9.63. The molecule has 0 saturated heterocycles. The number of allylic oxidation sites excluding steroid dienone is 1. The van der Waals surface area contributed by atoms with Gasteiger partial charge in [-0.25, -0.2) is 4.79 Å². The predicted octanol–water partition coefficient (Wildman–Crippen LogP) is 8.39. The number of para-hydroxylation sites is 1. The van der Waals surface area contributed by atoms with Gasteiger partial charge in [0, 0.05) is 23.1 Å². The van der Waals surface area contributed by atoms with Gasteiger partial charge >= 0.3 is 5.97 Å². The number of carbonyl (C=O) groups is 1. The normalized spacial score (nSPS) is 14.2. The largest absolute Gasteiger partial charge is 0.463 e. The lowest BCUT2D eigenvalue weighted by molar-refractivity contribution is -0.137. The standard InChI is InChI=1S/C32H37NO2/c1-25-15-19-31(24-26(25)2)33(29-13-7-4-8-14-29)30-20-16-28(17-21-30)12-9-23-35-32(34)22-18-27-10-5-3-6-11-27/h4,7-8,13-22,24,27H,3,5-6,9-12,23H2,1-2H3. The van der Waals surface area contributed by atoms with Crippen molar-refractivity contribution in [3.05, 3.63) is 102 Å². The van der Waals surface area contributed by atoms with Crippen molar-refractivity contribution in [3.8, 4) is 0 Å². The van der Waals surface area contributed by atoms with Gasteiger partial charge in [-0.05, 0) is 98.5 Å². The Bertz CT molecular complexity index is 1110. The summed E-state index contributed by atoms with van der Waals surface area (Å²) in [6.45, 7) is 4.75. The van der Waals surface area contributed by atoms with Gasteiger partial charge in [-0.1, -0.05) is 61.7 Å². The lowest BCUT2D eigenvalue weighted by Gasteiger charge is -2.26. The molecule has 1 aliphatic rings. The number of hydrogen-bond donors (Lipinski definition) is 0. The molecule has 0 atom stereocenters. The summed E-state index contributed by atoms with van der Waals surface area (Å²) in [6, 6.07) is 25.8. The number of benzene rings is 3. The monoisotopic (exact) mass is 467 g/mol. The lowest BCUT2D eigenvalue weighted by atomic mass is 9.89. The van der Waals surface area contributed by atoms with Gasteiger partial charge in [0.2, 0.25) is 0 Å². The second kappa shape index (κ2) is 12.4. The first kappa shape index (κ1) is 24.8. The number of hydrogen-bond acceptors (Lipinski definition) is 3. The summed E-state index contributed by atoms with van der Waals surface area (Å²) in [5.41, 5.74) is 7.24. The maximum atomic E-state index is 12.0. The van der Waals surface area contributed by atoms with E-state index in [4.69, 9.17) is 4.74 Å². The minimum Gasteiger partial charge on any atom is -0.463 e. The van der Waals surface area contributed by atoms with Crippen molar-refractivity contribution in [2.45, 2.75) is 58.8 Å². The maximum absolute atomic E-state index is 12.0. The van der Waals surface area contributed by atoms with E-state index in [9.17, 15) is 4.79 Å². The van der Waals surface area contributed by atoms with E-state index in [1.54, 1.807) is 6.08 Å². The van der Waals surface area contributed by atoms with E-state index in [0.29, 0.717) is 12.5 Å². The quantitative estimate of drug-likeness (QED) is 0.180. The van der Waals surface area contributed by atoms with Crippen LogP contribution in [0.25, 0.3) is 0 Å². The average molecular weight is 468 g/mol. The number of rotatable bonds is 9. The summed E-state index contributed by atoms with van der Waals surface area (Å²) >= 11 is 0. The van der Waals surface area contributed by atoms with Crippen LogP contribution in [0.1, 0.15) is 55.2 Å². The minimum absolute atomic E-state index is 0.210. The molecule has 3 nitrogen and oxygen atoms in total. The zero-order valence-corrected chi connectivity index (χ0v) is 21.1. The Kier molecular flexibility index (Phi) is 8.78. The lowest BCUT2D eigenvalue weighted by Crippen LogP contribution is -2.10. The van der Waals surface area contributed by atoms with E-state index in [1.807, 2.05) is 12.1 Å². The third kappa shape index (κ3) is 7.08. The topological polar surface area (TPSA) is 29.5 Å². The number of aryl methyl sites for hydroxylation is 3. The van der Waals surface area contributed by atoms with Gasteiger partial charge in [0.15, 0.2) is 0 Å². The SMILES string of the molecule is Cc1ccc(N(c2ccccc2)c2ccc(CCCOC(=O)C=CC3CCCCC3)cc2)cc1C. The Balaban J connectivity index is 1.34. The van der Waals surface area contributed by atoms with Crippen LogP contribution in [0.3, 0.4) is 0 Å². The molecule has 0 N–H and O–H groups in total. The molecule has 4 rings (SSSR count). The van der Waals surface area contributed by atoms with E-state index in [0.717, 1.165) is 29.9 Å². The van der Waals surface area contributed by atoms with Crippen LogP contribution in [0.2, 0.25) is 0 Å². The zero-order valence-electron chi connectivity index (χ0n) is 21.1. The van der Waals surface area contributed by atoms with Gasteiger partial charge in [0.05, 0.1) is 6.61 Å². The molecule has 3 aromatic rings. The number of anilines is 3. The van der Waals surface area contributed by atoms with E-state index in [1.165, 1.54) is 48.8 Å². The van der Waals surface area contributed by atoms with Gasteiger partial charge < -0.3 is 9.64 Å². The van der Waals surface area contributed by atoms with Crippen molar-refractivity contribution in [1.29, 1.82) is 0 Å². The first-order valence-electron chi connectivity index (χ1n) is 13.0. The van der Waals surface area contributed by atoms with Crippen molar-refractivity contribution < 1.29 is 9.53 Å². The number of nitrogens with zero attached hydrogens (tertiary/aromatic N) is 1. The van der Waals surface area contributed by atoms with Crippen molar-refractivity contribution in [1.82, 2.24) is 0 Å². The van der Waals surface area contributed by atoms with Gasteiger partial charge in [-0.2, -0.15) is 0 Å². The van der Waals surface area contributed by atoms with Crippen LogP contribution in [-0.4, -0.2) is 12.6 Å². The third-order valence-corrected chi connectivity index (χ3v) is 6.97. The first-order chi connectivity index (χ1) is 17.1. The summed E-state index contributed by atoms with van der Waals surface area (Å²) in [6.07, 6.45) is 11.7. The molecule has 0 radical (unpaired) electrons. The Labute approximate surface area is 210 Å². The third-order valence-electron chi connectivity index (χ3n) is 6.97. The van der Waals surface area contributed by atoms with Crippen molar-refractivity contribution in [2.24, 2.45) is 5.92 Å². The molecular formula is C32H37NO2. The smallest absolute Gasteiger partial charge is 0.330 e. The van der Waals surface area contributed by atoms with Crippen LogP contribution in [0, 0.1) is 19.8 Å². The average Bonchev–Trinajstić information content (AvgIpc) is 2.90. The van der Waals surface area contributed by atoms with Crippen molar-refractivity contribution in [2.75, 3.05) is 11.5 Å². The molecule has 35 heavy (non-hydrogen) atoms.